The molecule has 1 saturated carbocycles. The molecule has 0 spiro atoms. The van der Waals surface area contributed by atoms with E-state index in [9.17, 15) is 9.59 Å². The van der Waals surface area contributed by atoms with E-state index >= 15 is 0 Å². The molecule has 0 aromatic heterocycles. The van der Waals surface area contributed by atoms with Gasteiger partial charge in [0.25, 0.3) is 0 Å². The summed E-state index contributed by atoms with van der Waals surface area (Å²) in [6.07, 6.45) is 8.30. The Labute approximate surface area is 150 Å². The molecule has 0 heterocycles. The van der Waals surface area contributed by atoms with Crippen LogP contribution in [0.3, 0.4) is 0 Å². The lowest BCUT2D eigenvalue weighted by atomic mass is 9.79. The highest BCUT2D eigenvalue weighted by molar-refractivity contribution is 6.00. The van der Waals surface area contributed by atoms with Crippen molar-refractivity contribution in [2.45, 2.75) is 58.3 Å². The molecule has 0 saturated heterocycles. The van der Waals surface area contributed by atoms with Crippen molar-refractivity contribution in [2.75, 3.05) is 17.2 Å². The Hall–Kier alpha value is -1.88. The fourth-order valence-corrected chi connectivity index (χ4v) is 3.49. The normalized spacial score (nSPS) is 20.1. The topological polar surface area (TPSA) is 84.2 Å². The summed E-state index contributed by atoms with van der Waals surface area (Å²) in [4.78, 5) is 24.4. The third-order valence-corrected chi connectivity index (χ3v) is 5.01. The molecule has 0 aliphatic heterocycles. The van der Waals surface area contributed by atoms with Crippen LogP contribution >= 0.6 is 0 Å². The first-order chi connectivity index (χ1) is 12.1. The Balaban J connectivity index is 1.89. The molecular formula is C20H31N3O2. The van der Waals surface area contributed by atoms with E-state index in [4.69, 9.17) is 5.73 Å². The minimum atomic E-state index is -0.138. The third-order valence-electron chi connectivity index (χ3n) is 5.01. The monoisotopic (exact) mass is 345 g/mol. The molecule has 0 unspecified atom stereocenters. The van der Waals surface area contributed by atoms with E-state index in [0.29, 0.717) is 17.9 Å². The van der Waals surface area contributed by atoms with Gasteiger partial charge in [0, 0.05) is 18.9 Å². The largest absolute Gasteiger partial charge is 0.330 e. The molecule has 4 N–H and O–H groups in total. The molecule has 0 bridgehead atoms. The second-order valence-electron chi connectivity index (χ2n) is 6.98. The van der Waals surface area contributed by atoms with Crippen molar-refractivity contribution < 1.29 is 9.59 Å². The molecule has 1 aliphatic rings. The molecule has 2 amide bonds. The van der Waals surface area contributed by atoms with Crippen molar-refractivity contribution in [3.63, 3.8) is 0 Å². The predicted octanol–water partition coefficient (Wildman–Crippen LogP) is 3.91. The molecule has 25 heavy (non-hydrogen) atoms. The zero-order valence-electron chi connectivity index (χ0n) is 15.2. The number of carbonyl (C=O) groups is 2. The van der Waals surface area contributed by atoms with E-state index in [0.717, 1.165) is 31.6 Å². The molecule has 1 aliphatic carbocycles. The van der Waals surface area contributed by atoms with Crippen LogP contribution in [-0.4, -0.2) is 18.4 Å². The van der Waals surface area contributed by atoms with Gasteiger partial charge in [-0.1, -0.05) is 38.3 Å². The maximum absolute atomic E-state index is 12.6. The smallest absolute Gasteiger partial charge is 0.227 e. The Morgan fingerprint density at radius 1 is 1.08 bits per heavy atom. The second kappa shape index (κ2) is 10.2. The number of rotatable bonds is 8. The highest BCUT2D eigenvalue weighted by Crippen LogP contribution is 2.33. The summed E-state index contributed by atoms with van der Waals surface area (Å²) in [6, 6.07) is 7.32. The minimum Gasteiger partial charge on any atom is -0.330 e. The van der Waals surface area contributed by atoms with Crippen molar-refractivity contribution in [1.82, 2.24) is 0 Å². The van der Waals surface area contributed by atoms with Gasteiger partial charge in [0.15, 0.2) is 0 Å². The number of nitrogens with one attached hydrogen (secondary N) is 2. The molecule has 1 aromatic carbocycles. The molecule has 138 valence electrons. The first-order valence-electron chi connectivity index (χ1n) is 9.53. The van der Waals surface area contributed by atoms with Gasteiger partial charge in [-0.2, -0.15) is 0 Å². The number of anilines is 2. The number of amides is 2. The fourth-order valence-electron chi connectivity index (χ4n) is 3.49. The molecule has 0 radical (unpaired) electrons. The predicted molar refractivity (Wildman–Crippen MR) is 102 cm³/mol. The average molecular weight is 345 g/mol. The lowest BCUT2D eigenvalue weighted by Gasteiger charge is -2.28. The summed E-state index contributed by atoms with van der Waals surface area (Å²) in [7, 11) is 0. The van der Waals surface area contributed by atoms with Crippen molar-refractivity contribution in [3.8, 4) is 0 Å². The second-order valence-corrected chi connectivity index (χ2v) is 6.98. The SMILES string of the molecule is CCCCC1CCC(C(=O)Nc2ccccc2NC(=O)CCN)CC1. The average Bonchev–Trinajstić information content (AvgIpc) is 2.62. The van der Waals surface area contributed by atoms with Crippen LogP contribution in [0.25, 0.3) is 0 Å². The van der Waals surface area contributed by atoms with Crippen molar-refractivity contribution >= 4 is 23.2 Å². The number of nitrogens with two attached hydrogens (primary N) is 1. The molecule has 0 atom stereocenters. The fraction of sp³-hybridized carbons (Fsp3) is 0.600. The zero-order chi connectivity index (χ0) is 18.1. The number of para-hydroxylation sites is 2. The highest BCUT2D eigenvalue weighted by atomic mass is 16.2. The summed E-state index contributed by atoms with van der Waals surface area (Å²) < 4.78 is 0. The van der Waals surface area contributed by atoms with Crippen LogP contribution in [-0.2, 0) is 9.59 Å². The molecule has 2 rings (SSSR count). The lowest BCUT2D eigenvalue weighted by molar-refractivity contribution is -0.121. The molecule has 1 fully saturated rings. The van der Waals surface area contributed by atoms with Gasteiger partial charge in [-0.15, -0.1) is 0 Å². The molecular weight excluding hydrogens is 314 g/mol. The first-order valence-corrected chi connectivity index (χ1v) is 9.53. The van der Waals surface area contributed by atoms with Crippen molar-refractivity contribution in [3.05, 3.63) is 24.3 Å². The van der Waals surface area contributed by atoms with Gasteiger partial charge in [0.1, 0.15) is 0 Å². The first kappa shape index (κ1) is 19.4. The lowest BCUT2D eigenvalue weighted by Crippen LogP contribution is -2.27. The number of unbranched alkanes of at least 4 members (excludes halogenated alkanes) is 1. The van der Waals surface area contributed by atoms with Gasteiger partial charge in [-0.25, -0.2) is 0 Å². The Morgan fingerprint density at radius 2 is 1.72 bits per heavy atom. The van der Waals surface area contributed by atoms with Crippen LogP contribution in [0.1, 0.15) is 58.3 Å². The van der Waals surface area contributed by atoms with E-state index in [1.54, 1.807) is 6.07 Å². The third kappa shape index (κ3) is 6.16. The van der Waals surface area contributed by atoms with Crippen LogP contribution in [0.15, 0.2) is 24.3 Å². The number of hydrogen-bond acceptors (Lipinski definition) is 3. The standard InChI is InChI=1S/C20H31N3O2/c1-2-3-6-15-9-11-16(12-10-15)20(25)23-18-8-5-4-7-17(18)22-19(24)13-14-21/h4-5,7-8,15-16H,2-3,6,9-14,21H2,1H3,(H,22,24)(H,23,25). The van der Waals surface area contributed by atoms with Crippen LogP contribution in [0, 0.1) is 11.8 Å². The van der Waals surface area contributed by atoms with Crippen LogP contribution in [0.2, 0.25) is 0 Å². The van der Waals surface area contributed by atoms with Crippen molar-refractivity contribution in [1.29, 1.82) is 0 Å². The number of hydrogen-bond donors (Lipinski definition) is 3. The van der Waals surface area contributed by atoms with E-state index in [1.165, 1.54) is 19.3 Å². The zero-order valence-corrected chi connectivity index (χ0v) is 15.2. The van der Waals surface area contributed by atoms with E-state index < -0.39 is 0 Å². The van der Waals surface area contributed by atoms with Crippen LogP contribution < -0.4 is 16.4 Å². The molecule has 5 nitrogen and oxygen atoms in total. The van der Waals surface area contributed by atoms with E-state index in [2.05, 4.69) is 17.6 Å². The van der Waals surface area contributed by atoms with Gasteiger partial charge in [-0.3, -0.25) is 9.59 Å². The van der Waals surface area contributed by atoms with Gasteiger partial charge in [0.2, 0.25) is 11.8 Å². The van der Waals surface area contributed by atoms with Crippen LogP contribution in [0.5, 0.6) is 0 Å². The minimum absolute atomic E-state index is 0.0643. The summed E-state index contributed by atoms with van der Waals surface area (Å²) in [5, 5.41) is 5.82. The Morgan fingerprint density at radius 3 is 2.32 bits per heavy atom. The number of benzene rings is 1. The van der Waals surface area contributed by atoms with Gasteiger partial charge in [0.05, 0.1) is 11.4 Å². The van der Waals surface area contributed by atoms with Gasteiger partial charge < -0.3 is 16.4 Å². The summed E-state index contributed by atoms with van der Waals surface area (Å²) in [5.41, 5.74) is 6.70. The van der Waals surface area contributed by atoms with Gasteiger partial charge in [-0.05, 0) is 43.7 Å². The maximum atomic E-state index is 12.6. The van der Waals surface area contributed by atoms with E-state index in [1.807, 2.05) is 18.2 Å². The Kier molecular flexibility index (Phi) is 7.92. The summed E-state index contributed by atoms with van der Waals surface area (Å²) in [5.74, 6) is 0.785. The van der Waals surface area contributed by atoms with Crippen molar-refractivity contribution in [2.24, 2.45) is 17.6 Å². The Bertz CT molecular complexity index is 566. The van der Waals surface area contributed by atoms with Gasteiger partial charge >= 0.3 is 0 Å². The number of carbonyl (C=O) groups excluding carboxylic acids is 2. The molecule has 1 aromatic rings. The summed E-state index contributed by atoms with van der Waals surface area (Å²) in [6.45, 7) is 2.53. The summed E-state index contributed by atoms with van der Waals surface area (Å²) >= 11 is 0. The van der Waals surface area contributed by atoms with E-state index in [-0.39, 0.29) is 24.2 Å². The van der Waals surface area contributed by atoms with Crippen LogP contribution in [0.4, 0.5) is 11.4 Å². The highest BCUT2D eigenvalue weighted by Gasteiger charge is 2.26. The molecule has 5 heteroatoms. The maximum Gasteiger partial charge on any atom is 0.227 e. The quantitative estimate of drug-likeness (QED) is 0.668.